The highest BCUT2D eigenvalue weighted by atomic mass is 16.6. The molecule has 2 aliphatic rings. The number of para-hydroxylation sites is 2. The summed E-state index contributed by atoms with van der Waals surface area (Å²) in [5.74, 6) is 2.62. The number of methoxy groups -OCH3 is 5. The summed E-state index contributed by atoms with van der Waals surface area (Å²) in [6.45, 7) is 0.171. The fraction of sp³-hybridized carbons (Fsp3) is 0.444. The molecule has 2 amide bonds. The van der Waals surface area contributed by atoms with Crippen LogP contribution in [0.3, 0.4) is 0 Å². The minimum atomic E-state index is -1.06. The first-order chi connectivity index (χ1) is 22.9. The SMILES string of the molecule is COc1ccc(CCN(C(=O)C2COc3ccccc3O2)C(C(=O)NC2CCCCC2)c2cc(OC)c(OC)c(OC)c2)cc1OC. The van der Waals surface area contributed by atoms with Crippen molar-refractivity contribution in [1.82, 2.24) is 10.2 Å². The van der Waals surface area contributed by atoms with Crippen molar-refractivity contribution >= 4 is 11.8 Å². The van der Waals surface area contributed by atoms with Gasteiger partial charge < -0.3 is 43.4 Å². The number of rotatable bonds is 13. The molecule has 0 aromatic heterocycles. The first kappa shape index (κ1) is 33.6. The topological polar surface area (TPSA) is 114 Å². The summed E-state index contributed by atoms with van der Waals surface area (Å²) in [7, 11) is 7.71. The molecule has 1 heterocycles. The molecule has 0 saturated heterocycles. The van der Waals surface area contributed by atoms with E-state index in [0.29, 0.717) is 52.2 Å². The van der Waals surface area contributed by atoms with E-state index >= 15 is 0 Å². The van der Waals surface area contributed by atoms with E-state index in [-0.39, 0.29) is 25.1 Å². The van der Waals surface area contributed by atoms with Gasteiger partial charge in [0.05, 0.1) is 35.5 Å². The van der Waals surface area contributed by atoms with Crippen molar-refractivity contribution in [3.8, 4) is 40.2 Å². The summed E-state index contributed by atoms with van der Waals surface area (Å²) in [4.78, 5) is 30.6. The molecule has 3 aromatic rings. The van der Waals surface area contributed by atoms with E-state index in [2.05, 4.69) is 5.32 Å². The van der Waals surface area contributed by atoms with Gasteiger partial charge in [0.1, 0.15) is 12.6 Å². The number of benzene rings is 3. The zero-order valence-electron chi connectivity index (χ0n) is 27.7. The Balaban J connectivity index is 1.57. The van der Waals surface area contributed by atoms with Gasteiger partial charge in [-0.1, -0.05) is 37.5 Å². The Hall–Kier alpha value is -4.80. The number of carbonyl (C=O) groups excluding carboxylic acids is 2. The summed E-state index contributed by atoms with van der Waals surface area (Å²) >= 11 is 0. The predicted octanol–water partition coefficient (Wildman–Crippen LogP) is 5.13. The molecule has 252 valence electrons. The van der Waals surface area contributed by atoms with Gasteiger partial charge in [0.2, 0.25) is 17.8 Å². The number of amides is 2. The Labute approximate surface area is 276 Å². The van der Waals surface area contributed by atoms with Crippen molar-refractivity contribution in [2.24, 2.45) is 0 Å². The van der Waals surface area contributed by atoms with Crippen LogP contribution in [0.2, 0.25) is 0 Å². The van der Waals surface area contributed by atoms with Crippen LogP contribution >= 0.6 is 0 Å². The van der Waals surface area contributed by atoms with Crippen LogP contribution in [0.25, 0.3) is 0 Å². The molecule has 47 heavy (non-hydrogen) atoms. The van der Waals surface area contributed by atoms with E-state index in [9.17, 15) is 9.59 Å². The van der Waals surface area contributed by atoms with Crippen LogP contribution in [0.1, 0.15) is 49.3 Å². The highest BCUT2D eigenvalue weighted by Crippen LogP contribution is 2.41. The second kappa shape index (κ2) is 15.7. The number of nitrogens with one attached hydrogen (secondary N) is 1. The Morgan fingerprint density at radius 3 is 2.11 bits per heavy atom. The van der Waals surface area contributed by atoms with E-state index in [1.807, 2.05) is 30.3 Å². The van der Waals surface area contributed by atoms with E-state index in [1.54, 1.807) is 43.4 Å². The van der Waals surface area contributed by atoms with Crippen LogP contribution in [0.5, 0.6) is 40.2 Å². The Kier molecular flexibility index (Phi) is 11.2. The smallest absolute Gasteiger partial charge is 0.268 e. The third-order valence-corrected chi connectivity index (χ3v) is 8.67. The minimum Gasteiger partial charge on any atom is -0.493 e. The molecular formula is C36H44N2O9. The Morgan fingerprint density at radius 2 is 1.47 bits per heavy atom. The second-order valence-corrected chi connectivity index (χ2v) is 11.5. The van der Waals surface area contributed by atoms with Gasteiger partial charge in [-0.25, -0.2) is 0 Å². The van der Waals surface area contributed by atoms with E-state index in [4.69, 9.17) is 33.2 Å². The quantitative estimate of drug-likeness (QED) is 0.270. The van der Waals surface area contributed by atoms with Gasteiger partial charge in [-0.2, -0.15) is 0 Å². The third kappa shape index (κ3) is 7.61. The fourth-order valence-corrected chi connectivity index (χ4v) is 6.24. The van der Waals surface area contributed by atoms with Crippen LogP contribution in [0.4, 0.5) is 0 Å². The summed E-state index contributed by atoms with van der Waals surface area (Å²) in [5.41, 5.74) is 1.40. The van der Waals surface area contributed by atoms with E-state index in [1.165, 1.54) is 21.3 Å². The predicted molar refractivity (Wildman–Crippen MR) is 175 cm³/mol. The number of hydrogen-bond acceptors (Lipinski definition) is 9. The van der Waals surface area contributed by atoms with Crippen molar-refractivity contribution in [3.63, 3.8) is 0 Å². The monoisotopic (exact) mass is 648 g/mol. The van der Waals surface area contributed by atoms with Crippen LogP contribution in [0.15, 0.2) is 54.6 Å². The molecule has 1 saturated carbocycles. The minimum absolute atomic E-state index is 0.00438. The van der Waals surface area contributed by atoms with Crippen molar-refractivity contribution in [2.45, 2.75) is 56.7 Å². The summed E-state index contributed by atoms with van der Waals surface area (Å²) in [5, 5.41) is 3.25. The first-order valence-electron chi connectivity index (χ1n) is 15.9. The van der Waals surface area contributed by atoms with Crippen molar-refractivity contribution in [3.05, 3.63) is 65.7 Å². The van der Waals surface area contributed by atoms with Gasteiger partial charge in [0.15, 0.2) is 34.5 Å². The molecule has 5 rings (SSSR count). The molecule has 2 unspecified atom stereocenters. The summed E-state index contributed by atoms with van der Waals surface area (Å²) in [6.07, 6.45) is 4.39. The van der Waals surface area contributed by atoms with Gasteiger partial charge >= 0.3 is 0 Å². The lowest BCUT2D eigenvalue weighted by Gasteiger charge is -2.36. The van der Waals surface area contributed by atoms with Crippen molar-refractivity contribution in [1.29, 1.82) is 0 Å². The van der Waals surface area contributed by atoms with Crippen LogP contribution in [-0.4, -0.2) is 77.6 Å². The zero-order valence-corrected chi connectivity index (χ0v) is 27.7. The molecule has 11 nitrogen and oxygen atoms in total. The van der Waals surface area contributed by atoms with Gasteiger partial charge in [0, 0.05) is 12.6 Å². The molecule has 1 aliphatic carbocycles. The van der Waals surface area contributed by atoms with Crippen LogP contribution < -0.4 is 38.5 Å². The number of carbonyl (C=O) groups is 2. The number of fused-ring (bicyclic) bond motifs is 1. The maximum atomic E-state index is 14.6. The molecule has 3 aromatic carbocycles. The molecule has 1 aliphatic heterocycles. The van der Waals surface area contributed by atoms with Gasteiger partial charge in [0.25, 0.3) is 5.91 Å². The van der Waals surface area contributed by atoms with Crippen molar-refractivity contribution < 1.29 is 42.7 Å². The van der Waals surface area contributed by atoms with Gasteiger partial charge in [-0.3, -0.25) is 9.59 Å². The average molecular weight is 649 g/mol. The van der Waals surface area contributed by atoms with Gasteiger partial charge in [-0.15, -0.1) is 0 Å². The van der Waals surface area contributed by atoms with E-state index < -0.39 is 18.1 Å². The van der Waals surface area contributed by atoms with Crippen LogP contribution in [0, 0.1) is 0 Å². The first-order valence-corrected chi connectivity index (χ1v) is 15.9. The fourth-order valence-electron chi connectivity index (χ4n) is 6.24. The highest BCUT2D eigenvalue weighted by molar-refractivity contribution is 5.91. The standard InChI is InChI=1S/C36H44N2O9/c1-41-26-16-15-23(19-29(26)42-2)17-18-38(36(40)32-22-46-27-13-9-10-14-28(27)47-32)33(35(39)37-25-11-7-6-8-12-25)24-20-30(43-3)34(45-5)31(21-24)44-4/h9-10,13-16,19-21,25,32-33H,6-8,11-12,17-18,22H2,1-5H3,(H,37,39). The van der Waals surface area contributed by atoms with Crippen molar-refractivity contribution in [2.75, 3.05) is 48.7 Å². The number of ether oxygens (including phenoxy) is 7. The largest absolute Gasteiger partial charge is 0.493 e. The van der Waals surface area contributed by atoms with Gasteiger partial charge in [-0.05, 0) is 66.8 Å². The second-order valence-electron chi connectivity index (χ2n) is 11.5. The normalized spacial score (nSPS) is 16.4. The maximum Gasteiger partial charge on any atom is 0.268 e. The molecular weight excluding hydrogens is 604 g/mol. The van der Waals surface area contributed by atoms with E-state index in [0.717, 1.165) is 37.7 Å². The lowest BCUT2D eigenvalue weighted by molar-refractivity contribution is -0.148. The third-order valence-electron chi connectivity index (χ3n) is 8.67. The molecule has 2 atom stereocenters. The molecule has 0 bridgehead atoms. The average Bonchev–Trinajstić information content (AvgIpc) is 3.12. The molecule has 1 N–H and O–H groups in total. The molecule has 0 radical (unpaired) electrons. The number of nitrogens with zero attached hydrogens (tertiary/aromatic N) is 1. The highest BCUT2D eigenvalue weighted by Gasteiger charge is 2.39. The number of hydrogen-bond donors (Lipinski definition) is 1. The Bertz CT molecular complexity index is 1510. The van der Waals surface area contributed by atoms with Crippen LogP contribution in [-0.2, 0) is 16.0 Å². The molecule has 11 heteroatoms. The lowest BCUT2D eigenvalue weighted by Crippen LogP contribution is -2.53. The summed E-state index contributed by atoms with van der Waals surface area (Å²) in [6, 6.07) is 15.2. The Morgan fingerprint density at radius 1 is 0.809 bits per heavy atom. The molecule has 0 spiro atoms. The maximum absolute atomic E-state index is 14.6. The zero-order chi connectivity index (χ0) is 33.3. The summed E-state index contributed by atoms with van der Waals surface area (Å²) < 4.78 is 40.0. The molecule has 1 fully saturated rings. The lowest BCUT2D eigenvalue weighted by atomic mass is 9.94.